The Balaban J connectivity index is 1.24. The van der Waals surface area contributed by atoms with Gasteiger partial charge in [-0.15, -0.1) is 0 Å². The quantitative estimate of drug-likeness (QED) is 0.364. The van der Waals surface area contributed by atoms with Crippen molar-refractivity contribution < 1.29 is 4.79 Å². The highest BCUT2D eigenvalue weighted by atomic mass is 16.1. The number of carbonyl (C=O) groups excluding carboxylic acids is 1. The van der Waals surface area contributed by atoms with Crippen molar-refractivity contribution in [2.24, 2.45) is 0 Å². The van der Waals surface area contributed by atoms with E-state index in [-0.39, 0.29) is 5.91 Å². The summed E-state index contributed by atoms with van der Waals surface area (Å²) in [5, 5.41) is 3.00. The van der Waals surface area contributed by atoms with Gasteiger partial charge in [-0.3, -0.25) is 14.2 Å². The van der Waals surface area contributed by atoms with Gasteiger partial charge in [0.15, 0.2) is 0 Å². The average Bonchev–Trinajstić information content (AvgIpc) is 3.54. The van der Waals surface area contributed by atoms with Gasteiger partial charge in [-0.1, -0.05) is 42.5 Å². The Bertz CT molecular complexity index is 1340. The summed E-state index contributed by atoms with van der Waals surface area (Å²) < 4.78 is 4.07. The van der Waals surface area contributed by atoms with Crippen molar-refractivity contribution in [2.45, 2.75) is 19.4 Å². The third kappa shape index (κ3) is 4.67. The van der Waals surface area contributed by atoms with E-state index < -0.39 is 0 Å². The fraction of sp³-hybridized carbons (Fsp3) is 0.154. The van der Waals surface area contributed by atoms with E-state index in [2.05, 4.69) is 20.3 Å². The molecule has 0 atom stereocenters. The molecule has 0 aliphatic carbocycles. The molecule has 5 rings (SSSR count). The Morgan fingerprint density at radius 1 is 0.909 bits per heavy atom. The van der Waals surface area contributed by atoms with Crippen molar-refractivity contribution in [2.75, 3.05) is 6.54 Å². The molecule has 2 aromatic carbocycles. The van der Waals surface area contributed by atoms with Crippen molar-refractivity contribution in [3.8, 4) is 22.6 Å². The standard InChI is InChI=1S/C26H24N6O/c33-26(28-12-4-5-14-31-15-13-27-19-31)22-10-8-21(9-11-22)25-30-17-23-16-29-24(18-32(23)25)20-6-2-1-3-7-20/h1-3,6-11,13,15-19H,4-5,12,14H2,(H,28,33). The summed E-state index contributed by atoms with van der Waals surface area (Å²) in [5.74, 6) is 0.753. The Morgan fingerprint density at radius 3 is 2.52 bits per heavy atom. The van der Waals surface area contributed by atoms with Crippen LogP contribution < -0.4 is 5.32 Å². The van der Waals surface area contributed by atoms with Crippen molar-refractivity contribution in [1.29, 1.82) is 0 Å². The van der Waals surface area contributed by atoms with Crippen LogP contribution in [0.5, 0.6) is 0 Å². The molecule has 0 unspecified atom stereocenters. The highest BCUT2D eigenvalue weighted by molar-refractivity contribution is 5.94. The molecule has 5 aromatic rings. The van der Waals surface area contributed by atoms with Crippen molar-refractivity contribution in [1.82, 2.24) is 29.2 Å². The van der Waals surface area contributed by atoms with Gasteiger partial charge in [0, 0.05) is 48.4 Å². The molecule has 0 bridgehead atoms. The summed E-state index contributed by atoms with van der Waals surface area (Å²) in [6.45, 7) is 1.56. The number of hydrogen-bond donors (Lipinski definition) is 1. The van der Waals surface area contributed by atoms with Gasteiger partial charge in [-0.05, 0) is 25.0 Å². The van der Waals surface area contributed by atoms with E-state index in [0.29, 0.717) is 12.1 Å². The Labute approximate surface area is 191 Å². The van der Waals surface area contributed by atoms with Crippen molar-refractivity contribution in [3.63, 3.8) is 0 Å². The zero-order valence-corrected chi connectivity index (χ0v) is 18.1. The van der Waals surface area contributed by atoms with Crippen LogP contribution >= 0.6 is 0 Å². The molecule has 3 heterocycles. The van der Waals surface area contributed by atoms with Gasteiger partial charge in [-0.25, -0.2) is 9.97 Å². The second-order valence-electron chi connectivity index (χ2n) is 7.86. The number of rotatable bonds is 8. The number of aromatic nitrogens is 5. The first-order valence-electron chi connectivity index (χ1n) is 11.0. The summed E-state index contributed by atoms with van der Waals surface area (Å²) in [5.41, 5.74) is 4.43. The predicted molar refractivity (Wildman–Crippen MR) is 128 cm³/mol. The lowest BCUT2D eigenvalue weighted by Gasteiger charge is -2.07. The van der Waals surface area contributed by atoms with Gasteiger partial charge >= 0.3 is 0 Å². The molecule has 7 heteroatoms. The zero-order chi connectivity index (χ0) is 22.5. The summed E-state index contributed by atoms with van der Waals surface area (Å²) in [4.78, 5) is 25.7. The molecule has 0 radical (unpaired) electrons. The lowest BCUT2D eigenvalue weighted by atomic mass is 10.1. The maximum Gasteiger partial charge on any atom is 0.251 e. The number of carbonyl (C=O) groups is 1. The van der Waals surface area contributed by atoms with Crippen LogP contribution in [0.4, 0.5) is 0 Å². The minimum atomic E-state index is -0.0623. The monoisotopic (exact) mass is 436 g/mol. The second kappa shape index (κ2) is 9.48. The highest BCUT2D eigenvalue weighted by Crippen LogP contribution is 2.23. The predicted octanol–water partition coefficient (Wildman–Crippen LogP) is 4.47. The number of imidazole rings is 2. The van der Waals surface area contributed by atoms with Crippen LogP contribution in [0.3, 0.4) is 0 Å². The van der Waals surface area contributed by atoms with Gasteiger partial charge in [-0.2, -0.15) is 0 Å². The SMILES string of the molecule is O=C(NCCCCn1ccnc1)c1ccc(-c2ncc3cnc(-c4ccccc4)cn23)cc1. The van der Waals surface area contributed by atoms with Crippen LogP contribution in [0.15, 0.2) is 91.9 Å². The number of nitrogens with zero attached hydrogens (tertiary/aromatic N) is 5. The van der Waals surface area contributed by atoms with Gasteiger partial charge in [0.1, 0.15) is 5.82 Å². The number of hydrogen-bond acceptors (Lipinski definition) is 4. The van der Waals surface area contributed by atoms with E-state index in [4.69, 9.17) is 0 Å². The summed E-state index contributed by atoms with van der Waals surface area (Å²) in [7, 11) is 0. The molecule has 33 heavy (non-hydrogen) atoms. The van der Waals surface area contributed by atoms with Crippen LogP contribution in [0, 0.1) is 0 Å². The van der Waals surface area contributed by atoms with Crippen molar-refractivity contribution in [3.05, 3.63) is 97.5 Å². The number of aryl methyl sites for hydroxylation is 1. The Morgan fingerprint density at radius 2 is 1.73 bits per heavy atom. The maximum atomic E-state index is 12.5. The van der Waals surface area contributed by atoms with Crippen LogP contribution in [0.2, 0.25) is 0 Å². The van der Waals surface area contributed by atoms with E-state index in [0.717, 1.165) is 47.5 Å². The summed E-state index contributed by atoms with van der Waals surface area (Å²) >= 11 is 0. The van der Waals surface area contributed by atoms with Crippen LogP contribution in [0.25, 0.3) is 28.2 Å². The molecule has 164 valence electrons. The van der Waals surface area contributed by atoms with Gasteiger partial charge in [0.2, 0.25) is 0 Å². The normalized spacial score (nSPS) is 11.0. The highest BCUT2D eigenvalue weighted by Gasteiger charge is 2.10. The minimum absolute atomic E-state index is 0.0623. The van der Waals surface area contributed by atoms with E-state index >= 15 is 0 Å². The maximum absolute atomic E-state index is 12.5. The van der Waals surface area contributed by atoms with Crippen LogP contribution in [-0.2, 0) is 6.54 Å². The molecule has 0 aliphatic rings. The molecule has 7 nitrogen and oxygen atoms in total. The Kier molecular flexibility index (Phi) is 5.93. The number of unbranched alkanes of at least 4 members (excludes halogenated alkanes) is 1. The molecule has 0 spiro atoms. The van der Waals surface area contributed by atoms with E-state index in [9.17, 15) is 4.79 Å². The molecule has 0 aliphatic heterocycles. The molecule has 3 aromatic heterocycles. The fourth-order valence-electron chi connectivity index (χ4n) is 3.78. The lowest BCUT2D eigenvalue weighted by Crippen LogP contribution is -2.24. The van der Waals surface area contributed by atoms with Gasteiger partial charge < -0.3 is 9.88 Å². The van der Waals surface area contributed by atoms with Crippen LogP contribution in [0.1, 0.15) is 23.2 Å². The summed E-state index contributed by atoms with van der Waals surface area (Å²) in [6.07, 6.45) is 13.1. The number of benzene rings is 2. The molecular formula is C26H24N6O. The minimum Gasteiger partial charge on any atom is -0.352 e. The average molecular weight is 437 g/mol. The third-order valence-corrected chi connectivity index (χ3v) is 5.58. The first kappa shape index (κ1) is 20.6. The van der Waals surface area contributed by atoms with E-state index in [1.165, 1.54) is 0 Å². The number of fused-ring (bicyclic) bond motifs is 1. The van der Waals surface area contributed by atoms with E-state index in [1.54, 1.807) is 6.20 Å². The zero-order valence-electron chi connectivity index (χ0n) is 18.1. The largest absolute Gasteiger partial charge is 0.352 e. The van der Waals surface area contributed by atoms with Gasteiger partial charge in [0.05, 0.1) is 29.9 Å². The first-order chi connectivity index (χ1) is 16.3. The lowest BCUT2D eigenvalue weighted by molar-refractivity contribution is 0.0953. The molecule has 1 amide bonds. The second-order valence-corrected chi connectivity index (χ2v) is 7.86. The van der Waals surface area contributed by atoms with Crippen molar-refractivity contribution >= 4 is 11.4 Å². The Hall–Kier alpha value is -4.26. The number of amides is 1. The molecule has 0 saturated heterocycles. The van der Waals surface area contributed by atoms with Gasteiger partial charge in [0.25, 0.3) is 5.91 Å². The molecule has 0 fully saturated rings. The molecular weight excluding hydrogens is 412 g/mol. The first-order valence-corrected chi connectivity index (χ1v) is 11.0. The molecule has 0 saturated carbocycles. The summed E-state index contributed by atoms with van der Waals surface area (Å²) in [6, 6.07) is 17.6. The smallest absolute Gasteiger partial charge is 0.251 e. The van der Waals surface area contributed by atoms with E-state index in [1.807, 2.05) is 94.7 Å². The number of nitrogens with one attached hydrogen (secondary N) is 1. The van der Waals surface area contributed by atoms with Crippen LogP contribution in [-0.4, -0.2) is 36.4 Å². The third-order valence-electron chi connectivity index (χ3n) is 5.58. The topological polar surface area (TPSA) is 77.1 Å². The fourth-order valence-corrected chi connectivity index (χ4v) is 3.78. The molecule has 1 N–H and O–H groups in total.